The number of ether oxygens (including phenoxy) is 1. The van der Waals surface area contributed by atoms with Crippen molar-refractivity contribution in [1.82, 2.24) is 9.80 Å². The lowest BCUT2D eigenvalue weighted by molar-refractivity contribution is 0.0206. The van der Waals surface area contributed by atoms with Crippen molar-refractivity contribution in [2.24, 2.45) is 0 Å². The quantitative estimate of drug-likeness (QED) is 0.755. The molecule has 1 atom stereocenters. The summed E-state index contributed by atoms with van der Waals surface area (Å²) in [4.78, 5) is 16.7. The average Bonchev–Trinajstić information content (AvgIpc) is 2.41. The van der Waals surface area contributed by atoms with Crippen molar-refractivity contribution >= 4 is 34.3 Å². The molecule has 6 heteroatoms. The van der Waals surface area contributed by atoms with Gasteiger partial charge in [-0.05, 0) is 42.0 Å². The van der Waals surface area contributed by atoms with Gasteiger partial charge in [-0.1, -0.05) is 12.1 Å². The van der Waals surface area contributed by atoms with Crippen molar-refractivity contribution in [1.29, 1.82) is 0 Å². The summed E-state index contributed by atoms with van der Waals surface area (Å²) in [5.41, 5.74) is 0.581. The molecule has 1 aliphatic heterocycles. The molecule has 0 N–H and O–H groups in total. The maximum atomic E-state index is 12.1. The van der Waals surface area contributed by atoms with Gasteiger partial charge in [-0.3, -0.25) is 4.90 Å². The lowest BCUT2D eigenvalue weighted by Gasteiger charge is -2.33. The number of likely N-dealkylation sites (N-methyl/N-ethyl adjacent to an activating group) is 1. The van der Waals surface area contributed by atoms with E-state index in [9.17, 15) is 4.79 Å². The van der Waals surface area contributed by atoms with Crippen LogP contribution < -0.4 is 0 Å². The molecule has 1 fully saturated rings. The molecule has 1 heterocycles. The lowest BCUT2D eigenvalue weighted by atomic mass is 10.2. The van der Waals surface area contributed by atoms with Crippen LogP contribution in [0.1, 0.15) is 17.3 Å². The maximum Gasteiger partial charge on any atom is 0.339 e. The van der Waals surface area contributed by atoms with Crippen molar-refractivity contribution in [2.75, 3.05) is 39.8 Å². The van der Waals surface area contributed by atoms with Crippen LogP contribution in [0.5, 0.6) is 0 Å². The fraction of sp³-hybridized carbons (Fsp3) is 0.533. The van der Waals surface area contributed by atoms with Crippen molar-refractivity contribution in [3.05, 3.63) is 34.3 Å². The normalized spacial score (nSPS) is 17.9. The number of hydrogen-bond donors (Lipinski definition) is 0. The summed E-state index contributed by atoms with van der Waals surface area (Å²) in [6.45, 7) is 6.97. The van der Waals surface area contributed by atoms with E-state index in [4.69, 9.17) is 4.74 Å². The zero-order chi connectivity index (χ0) is 14.5. The van der Waals surface area contributed by atoms with Crippen molar-refractivity contribution < 1.29 is 9.53 Å². The standard InChI is InChI=1S/C15H21BrN2O2.ClH/c1-12(11-18-9-7-17(2)8-10-18)20-15(19)13-5-3-4-6-14(13)16;/h3-6,12H,7-11H2,1-2H3;1H. The first-order valence-corrected chi connectivity index (χ1v) is 7.72. The van der Waals surface area contributed by atoms with E-state index < -0.39 is 0 Å². The molecule has 0 radical (unpaired) electrons. The fourth-order valence-corrected chi connectivity index (χ4v) is 2.75. The molecule has 1 aromatic carbocycles. The van der Waals surface area contributed by atoms with E-state index in [0.717, 1.165) is 37.2 Å². The Morgan fingerprint density at radius 3 is 2.52 bits per heavy atom. The van der Waals surface area contributed by atoms with Crippen LogP contribution in [0.3, 0.4) is 0 Å². The van der Waals surface area contributed by atoms with Crippen molar-refractivity contribution in [3.8, 4) is 0 Å². The van der Waals surface area contributed by atoms with Gasteiger partial charge in [0, 0.05) is 37.2 Å². The summed E-state index contributed by atoms with van der Waals surface area (Å²) in [5.74, 6) is -0.265. The molecule has 1 aromatic rings. The van der Waals surface area contributed by atoms with Crippen LogP contribution in [0.4, 0.5) is 0 Å². The van der Waals surface area contributed by atoms with Crippen LogP contribution in [0.2, 0.25) is 0 Å². The van der Waals surface area contributed by atoms with E-state index in [0.29, 0.717) is 5.56 Å². The first-order chi connectivity index (χ1) is 9.56. The number of hydrogen-bond acceptors (Lipinski definition) is 4. The Morgan fingerprint density at radius 2 is 1.90 bits per heavy atom. The molecule has 0 spiro atoms. The Kier molecular flexibility index (Phi) is 7.66. The fourth-order valence-electron chi connectivity index (χ4n) is 2.30. The highest BCUT2D eigenvalue weighted by molar-refractivity contribution is 9.10. The van der Waals surface area contributed by atoms with Gasteiger partial charge in [0.25, 0.3) is 0 Å². The minimum atomic E-state index is -0.265. The molecular weight excluding hydrogens is 356 g/mol. The molecule has 0 aromatic heterocycles. The highest BCUT2D eigenvalue weighted by Gasteiger charge is 2.19. The van der Waals surface area contributed by atoms with Gasteiger partial charge in [0.1, 0.15) is 6.10 Å². The van der Waals surface area contributed by atoms with Crippen molar-refractivity contribution in [3.63, 3.8) is 0 Å². The number of carbonyl (C=O) groups excluding carboxylic acids is 1. The second kappa shape index (κ2) is 8.73. The topological polar surface area (TPSA) is 32.8 Å². The summed E-state index contributed by atoms with van der Waals surface area (Å²) in [6, 6.07) is 7.34. The third-order valence-corrected chi connectivity index (χ3v) is 4.20. The molecule has 118 valence electrons. The molecule has 1 saturated heterocycles. The summed E-state index contributed by atoms with van der Waals surface area (Å²) >= 11 is 3.38. The highest BCUT2D eigenvalue weighted by Crippen LogP contribution is 2.17. The van der Waals surface area contributed by atoms with Gasteiger partial charge >= 0.3 is 5.97 Å². The SMILES string of the molecule is CC(CN1CCN(C)CC1)OC(=O)c1ccccc1Br.Cl. The Bertz CT molecular complexity index is 465. The second-order valence-corrected chi connectivity index (χ2v) is 6.15. The Labute approximate surface area is 141 Å². The van der Waals surface area contributed by atoms with Crippen molar-refractivity contribution in [2.45, 2.75) is 13.0 Å². The monoisotopic (exact) mass is 376 g/mol. The number of piperazine rings is 1. The molecule has 0 bridgehead atoms. The van der Waals surface area contributed by atoms with Gasteiger partial charge < -0.3 is 9.64 Å². The predicted octanol–water partition coefficient (Wildman–Crippen LogP) is 2.66. The maximum absolute atomic E-state index is 12.1. The molecule has 21 heavy (non-hydrogen) atoms. The van der Waals surface area contributed by atoms with Gasteiger partial charge in [0.2, 0.25) is 0 Å². The largest absolute Gasteiger partial charge is 0.458 e. The Morgan fingerprint density at radius 1 is 1.29 bits per heavy atom. The summed E-state index contributed by atoms with van der Waals surface area (Å²) in [7, 11) is 2.13. The first-order valence-electron chi connectivity index (χ1n) is 6.92. The summed E-state index contributed by atoms with van der Waals surface area (Å²) < 4.78 is 6.30. The van der Waals surface area contributed by atoms with Gasteiger partial charge in [0.15, 0.2) is 0 Å². The molecular formula is C15H22BrClN2O2. The average molecular weight is 378 g/mol. The van der Waals surface area contributed by atoms with Crippen LogP contribution in [0, 0.1) is 0 Å². The zero-order valence-electron chi connectivity index (χ0n) is 12.4. The smallest absolute Gasteiger partial charge is 0.339 e. The number of esters is 1. The number of nitrogens with zero attached hydrogens (tertiary/aromatic N) is 2. The number of halogens is 2. The number of rotatable bonds is 4. The molecule has 0 amide bonds. The van der Waals surface area contributed by atoms with E-state index in [1.54, 1.807) is 6.07 Å². The summed E-state index contributed by atoms with van der Waals surface area (Å²) in [5, 5.41) is 0. The highest BCUT2D eigenvalue weighted by atomic mass is 79.9. The van der Waals surface area contributed by atoms with Crippen LogP contribution in [0.25, 0.3) is 0 Å². The van der Waals surface area contributed by atoms with Gasteiger partial charge in [-0.15, -0.1) is 12.4 Å². The zero-order valence-corrected chi connectivity index (χ0v) is 14.8. The number of carbonyl (C=O) groups is 1. The van der Waals surface area contributed by atoms with E-state index in [1.807, 2.05) is 25.1 Å². The second-order valence-electron chi connectivity index (χ2n) is 5.30. The van der Waals surface area contributed by atoms with Crippen LogP contribution in [0.15, 0.2) is 28.7 Å². The summed E-state index contributed by atoms with van der Waals surface area (Å²) in [6.07, 6.45) is -0.0991. The molecule has 2 rings (SSSR count). The lowest BCUT2D eigenvalue weighted by Crippen LogP contribution is -2.47. The molecule has 1 unspecified atom stereocenters. The van der Waals surface area contributed by atoms with Crippen LogP contribution >= 0.6 is 28.3 Å². The van der Waals surface area contributed by atoms with Gasteiger partial charge in [-0.2, -0.15) is 0 Å². The minimum absolute atomic E-state index is 0. The molecule has 4 nitrogen and oxygen atoms in total. The Hall–Kier alpha value is -0.620. The minimum Gasteiger partial charge on any atom is -0.458 e. The van der Waals surface area contributed by atoms with E-state index in [1.165, 1.54) is 0 Å². The van der Waals surface area contributed by atoms with E-state index in [-0.39, 0.29) is 24.5 Å². The van der Waals surface area contributed by atoms with E-state index in [2.05, 4.69) is 32.8 Å². The molecule has 0 aliphatic carbocycles. The third-order valence-electron chi connectivity index (χ3n) is 3.51. The number of benzene rings is 1. The first kappa shape index (κ1) is 18.4. The Balaban J connectivity index is 0.00000220. The molecule has 1 aliphatic rings. The van der Waals surface area contributed by atoms with Crippen LogP contribution in [-0.2, 0) is 4.74 Å². The van der Waals surface area contributed by atoms with E-state index >= 15 is 0 Å². The predicted molar refractivity (Wildman–Crippen MR) is 90.2 cm³/mol. The molecule has 0 saturated carbocycles. The van der Waals surface area contributed by atoms with Crippen LogP contribution in [-0.4, -0.2) is 61.6 Å². The third kappa shape index (κ3) is 5.58. The van der Waals surface area contributed by atoms with Gasteiger partial charge in [0.05, 0.1) is 5.56 Å². The van der Waals surface area contributed by atoms with Gasteiger partial charge in [-0.25, -0.2) is 4.79 Å².